The average Bonchev–Trinajstić information content (AvgIpc) is 2.58. The Labute approximate surface area is 102 Å². The van der Waals surface area contributed by atoms with E-state index in [1.54, 1.807) is 6.92 Å². The Morgan fingerprint density at radius 3 is 2.18 bits per heavy atom. The normalized spacial score (nSPS) is 22.6. The quantitative estimate of drug-likeness (QED) is 0.860. The van der Waals surface area contributed by atoms with Crippen LogP contribution in [0.15, 0.2) is 11.1 Å². The summed E-state index contributed by atoms with van der Waals surface area (Å²) in [7, 11) is -3.47. The van der Waals surface area contributed by atoms with Crippen LogP contribution in [0.3, 0.4) is 0 Å². The highest BCUT2D eigenvalue weighted by atomic mass is 32.2. The standard InChI is InChI=1S/C11H19N3O2S/c1-7-8(6-12-13-7)17(15,16)14-9-10(2,3)11(9,4)5/h6,9,14H,1-5H3,(H,12,13). The van der Waals surface area contributed by atoms with E-state index in [1.807, 2.05) is 0 Å². The first-order chi connectivity index (χ1) is 7.61. The van der Waals surface area contributed by atoms with Gasteiger partial charge in [-0.1, -0.05) is 27.7 Å². The van der Waals surface area contributed by atoms with E-state index < -0.39 is 10.0 Å². The SMILES string of the molecule is Cc1[nH]ncc1S(=O)(=O)NC1C(C)(C)C1(C)C. The van der Waals surface area contributed by atoms with Gasteiger partial charge in [-0.15, -0.1) is 0 Å². The molecule has 0 atom stereocenters. The van der Waals surface area contributed by atoms with Gasteiger partial charge >= 0.3 is 0 Å². The van der Waals surface area contributed by atoms with Gasteiger partial charge in [-0.25, -0.2) is 13.1 Å². The Balaban J connectivity index is 2.25. The fraction of sp³-hybridized carbons (Fsp3) is 0.727. The average molecular weight is 257 g/mol. The smallest absolute Gasteiger partial charge is 0.244 e. The zero-order chi connectivity index (χ0) is 13.1. The topological polar surface area (TPSA) is 74.8 Å². The lowest BCUT2D eigenvalue weighted by atomic mass is 10.0. The summed E-state index contributed by atoms with van der Waals surface area (Å²) in [5.41, 5.74) is 0.531. The molecule has 17 heavy (non-hydrogen) atoms. The molecular weight excluding hydrogens is 238 g/mol. The molecule has 2 rings (SSSR count). The summed E-state index contributed by atoms with van der Waals surface area (Å²) in [5.74, 6) is 0. The van der Waals surface area contributed by atoms with E-state index in [0.717, 1.165) is 0 Å². The molecular formula is C11H19N3O2S. The van der Waals surface area contributed by atoms with Gasteiger partial charge in [0.2, 0.25) is 10.0 Å². The van der Waals surface area contributed by atoms with Gasteiger partial charge in [0.25, 0.3) is 0 Å². The maximum atomic E-state index is 12.2. The van der Waals surface area contributed by atoms with Gasteiger partial charge in [0, 0.05) is 6.04 Å². The van der Waals surface area contributed by atoms with E-state index in [-0.39, 0.29) is 21.8 Å². The molecule has 0 bridgehead atoms. The van der Waals surface area contributed by atoms with Crippen LogP contribution < -0.4 is 4.72 Å². The van der Waals surface area contributed by atoms with E-state index >= 15 is 0 Å². The summed E-state index contributed by atoms with van der Waals surface area (Å²) in [4.78, 5) is 0.232. The van der Waals surface area contributed by atoms with Gasteiger partial charge in [0.05, 0.1) is 11.9 Å². The number of hydrogen-bond donors (Lipinski definition) is 2. The van der Waals surface area contributed by atoms with Crippen LogP contribution in [-0.4, -0.2) is 24.7 Å². The molecule has 0 spiro atoms. The highest BCUT2D eigenvalue weighted by Crippen LogP contribution is 2.62. The van der Waals surface area contributed by atoms with Crippen molar-refractivity contribution in [3.63, 3.8) is 0 Å². The molecule has 5 nitrogen and oxygen atoms in total. The van der Waals surface area contributed by atoms with Crippen LogP contribution in [0.5, 0.6) is 0 Å². The molecule has 1 fully saturated rings. The molecule has 1 aliphatic carbocycles. The van der Waals surface area contributed by atoms with Crippen molar-refractivity contribution < 1.29 is 8.42 Å². The maximum Gasteiger partial charge on any atom is 0.244 e. The highest BCUT2D eigenvalue weighted by molar-refractivity contribution is 7.89. The number of sulfonamides is 1. The number of nitrogens with one attached hydrogen (secondary N) is 2. The Kier molecular flexibility index (Phi) is 2.46. The second-order valence-electron chi connectivity index (χ2n) is 5.86. The Morgan fingerprint density at radius 2 is 1.82 bits per heavy atom. The fourth-order valence-corrected chi connectivity index (χ4v) is 3.99. The largest absolute Gasteiger partial charge is 0.281 e. The van der Waals surface area contributed by atoms with Crippen molar-refractivity contribution in [3.8, 4) is 0 Å². The maximum absolute atomic E-state index is 12.2. The first-order valence-electron chi connectivity index (χ1n) is 5.63. The summed E-state index contributed by atoms with van der Waals surface area (Å²) in [5, 5.41) is 6.38. The molecule has 1 aromatic heterocycles. The van der Waals surface area contributed by atoms with Gasteiger partial charge < -0.3 is 0 Å². The van der Waals surface area contributed by atoms with Crippen LogP contribution in [0.25, 0.3) is 0 Å². The number of H-pyrrole nitrogens is 1. The number of aromatic nitrogens is 2. The number of nitrogens with zero attached hydrogens (tertiary/aromatic N) is 1. The number of hydrogen-bond acceptors (Lipinski definition) is 3. The molecule has 0 saturated heterocycles. The van der Waals surface area contributed by atoms with Crippen molar-refractivity contribution in [2.45, 2.75) is 45.6 Å². The Morgan fingerprint density at radius 1 is 1.29 bits per heavy atom. The van der Waals surface area contributed by atoms with Crippen molar-refractivity contribution in [1.29, 1.82) is 0 Å². The van der Waals surface area contributed by atoms with E-state index in [1.165, 1.54) is 6.20 Å². The van der Waals surface area contributed by atoms with Crippen molar-refractivity contribution >= 4 is 10.0 Å². The number of rotatable bonds is 3. The van der Waals surface area contributed by atoms with Crippen molar-refractivity contribution in [3.05, 3.63) is 11.9 Å². The summed E-state index contributed by atoms with van der Waals surface area (Å²) in [6.07, 6.45) is 1.35. The highest BCUT2D eigenvalue weighted by Gasteiger charge is 2.66. The minimum Gasteiger partial charge on any atom is -0.281 e. The van der Waals surface area contributed by atoms with Crippen LogP contribution >= 0.6 is 0 Å². The van der Waals surface area contributed by atoms with E-state index in [4.69, 9.17) is 0 Å². The van der Waals surface area contributed by atoms with Crippen molar-refractivity contribution in [1.82, 2.24) is 14.9 Å². The molecule has 0 aromatic carbocycles. The van der Waals surface area contributed by atoms with Gasteiger partial charge in [-0.3, -0.25) is 5.10 Å². The lowest BCUT2D eigenvalue weighted by Gasteiger charge is -2.07. The third kappa shape index (κ3) is 1.70. The third-order valence-corrected chi connectivity index (χ3v) is 5.90. The molecule has 6 heteroatoms. The van der Waals surface area contributed by atoms with Gasteiger partial charge in [-0.2, -0.15) is 5.10 Å². The van der Waals surface area contributed by atoms with E-state index in [2.05, 4.69) is 42.6 Å². The third-order valence-electron chi connectivity index (χ3n) is 4.37. The van der Waals surface area contributed by atoms with Crippen LogP contribution in [0, 0.1) is 17.8 Å². The van der Waals surface area contributed by atoms with Crippen LogP contribution in [0.4, 0.5) is 0 Å². The van der Waals surface area contributed by atoms with Crippen molar-refractivity contribution in [2.24, 2.45) is 10.8 Å². The van der Waals surface area contributed by atoms with Gasteiger partial charge in [0.15, 0.2) is 0 Å². The first-order valence-corrected chi connectivity index (χ1v) is 7.11. The second-order valence-corrected chi connectivity index (χ2v) is 7.54. The van der Waals surface area contributed by atoms with Crippen LogP contribution in [-0.2, 0) is 10.0 Å². The lowest BCUT2D eigenvalue weighted by Crippen LogP contribution is -2.30. The Bertz CT molecular complexity index is 529. The summed E-state index contributed by atoms with van der Waals surface area (Å²) >= 11 is 0. The molecule has 0 radical (unpaired) electrons. The molecule has 96 valence electrons. The summed E-state index contributed by atoms with van der Waals surface area (Å²) in [6, 6.07) is -0.0331. The molecule has 0 amide bonds. The van der Waals surface area contributed by atoms with Crippen molar-refractivity contribution in [2.75, 3.05) is 0 Å². The summed E-state index contributed by atoms with van der Waals surface area (Å²) < 4.78 is 27.1. The second kappa shape index (κ2) is 3.32. The Hall–Kier alpha value is -0.880. The minimum absolute atomic E-state index is 0.0162. The molecule has 1 aliphatic rings. The predicted octanol–water partition coefficient (Wildman–Crippen LogP) is 1.43. The molecule has 1 saturated carbocycles. The summed E-state index contributed by atoms with van der Waals surface area (Å²) in [6.45, 7) is 9.99. The monoisotopic (exact) mass is 257 g/mol. The molecule has 0 aliphatic heterocycles. The molecule has 2 N–H and O–H groups in total. The zero-order valence-corrected chi connectivity index (χ0v) is 11.6. The molecule has 0 unspecified atom stereocenters. The van der Waals surface area contributed by atoms with Crippen LogP contribution in [0.2, 0.25) is 0 Å². The van der Waals surface area contributed by atoms with E-state index in [0.29, 0.717) is 5.69 Å². The lowest BCUT2D eigenvalue weighted by molar-refractivity contribution is 0.457. The minimum atomic E-state index is -3.47. The van der Waals surface area contributed by atoms with Gasteiger partial charge in [0.1, 0.15) is 4.90 Å². The first kappa shape index (κ1) is 12.6. The number of aryl methyl sites for hydroxylation is 1. The number of aromatic amines is 1. The zero-order valence-electron chi connectivity index (χ0n) is 10.8. The van der Waals surface area contributed by atoms with E-state index in [9.17, 15) is 8.42 Å². The van der Waals surface area contributed by atoms with Gasteiger partial charge in [-0.05, 0) is 17.8 Å². The molecule has 1 heterocycles. The molecule has 1 aromatic rings. The van der Waals surface area contributed by atoms with Crippen LogP contribution in [0.1, 0.15) is 33.4 Å². The predicted molar refractivity (Wildman–Crippen MR) is 65.0 cm³/mol. The fourth-order valence-electron chi connectivity index (χ4n) is 2.32.